The van der Waals surface area contributed by atoms with Crippen LogP contribution in [0.5, 0.6) is 0 Å². The maximum atomic E-state index is 13.2. The average Bonchev–Trinajstić information content (AvgIpc) is 2.63. The molecule has 1 saturated heterocycles. The van der Waals surface area contributed by atoms with E-state index >= 15 is 0 Å². The monoisotopic (exact) mass is 406 g/mol. The lowest BCUT2D eigenvalue weighted by Crippen LogP contribution is -2.42. The van der Waals surface area contributed by atoms with E-state index in [2.05, 4.69) is 9.97 Å². The van der Waals surface area contributed by atoms with Crippen molar-refractivity contribution in [3.63, 3.8) is 0 Å². The van der Waals surface area contributed by atoms with Gasteiger partial charge in [0, 0.05) is 47.6 Å². The van der Waals surface area contributed by atoms with Crippen LogP contribution in [0.1, 0.15) is 49.7 Å². The minimum absolute atomic E-state index is 0.0201. The van der Waals surface area contributed by atoms with Crippen molar-refractivity contribution in [1.29, 1.82) is 0 Å². The Morgan fingerprint density at radius 1 is 1.21 bits per heavy atom. The van der Waals surface area contributed by atoms with E-state index < -0.39 is 22.0 Å². The summed E-state index contributed by atoms with van der Waals surface area (Å²) in [6, 6.07) is 1.65. The average molecular weight is 407 g/mol. The lowest BCUT2D eigenvalue weighted by atomic mass is 10.0. The number of H-pyrrole nitrogens is 1. The number of pyridine rings is 1. The Balaban J connectivity index is 2.26. The summed E-state index contributed by atoms with van der Waals surface area (Å²) in [7, 11) is -0.910. The maximum Gasteiger partial charge on any atom is 0.330 e. The molecule has 8 nitrogen and oxygen atoms in total. The Morgan fingerprint density at radius 3 is 2.43 bits per heavy atom. The summed E-state index contributed by atoms with van der Waals surface area (Å²) in [5, 5.41) is 0.140. The first-order valence-electron chi connectivity index (χ1n) is 9.51. The molecule has 3 rings (SSSR count). The Kier molecular flexibility index (Phi) is 5.83. The van der Waals surface area contributed by atoms with Crippen LogP contribution in [0, 0.1) is 5.92 Å². The molecule has 2 aromatic heterocycles. The second-order valence-corrected chi connectivity index (χ2v) is 9.55. The lowest BCUT2D eigenvalue weighted by Gasteiger charge is -2.27. The third kappa shape index (κ3) is 3.94. The lowest BCUT2D eigenvalue weighted by molar-refractivity contribution is 0.0773. The molecular formula is C19H26N4O4S. The van der Waals surface area contributed by atoms with Gasteiger partial charge in [-0.15, -0.1) is 0 Å². The summed E-state index contributed by atoms with van der Waals surface area (Å²) in [5.74, 6) is 0.755. The molecular weight excluding hydrogens is 380 g/mol. The molecule has 9 heteroatoms. The van der Waals surface area contributed by atoms with E-state index in [9.17, 15) is 18.6 Å². The van der Waals surface area contributed by atoms with Gasteiger partial charge in [0.2, 0.25) is 0 Å². The number of carbonyl (C=O) groups is 1. The fourth-order valence-electron chi connectivity index (χ4n) is 3.30. The van der Waals surface area contributed by atoms with Gasteiger partial charge in [-0.05, 0) is 17.9 Å². The predicted molar refractivity (Wildman–Crippen MR) is 109 cm³/mol. The van der Waals surface area contributed by atoms with Gasteiger partial charge in [-0.2, -0.15) is 0 Å². The van der Waals surface area contributed by atoms with Crippen LogP contribution in [0.3, 0.4) is 0 Å². The highest BCUT2D eigenvalue weighted by molar-refractivity contribution is 7.85. The van der Waals surface area contributed by atoms with Crippen molar-refractivity contribution in [2.75, 3.05) is 24.6 Å². The number of carbonyl (C=O) groups excluding carboxylic acids is 1. The number of fused-ring (bicyclic) bond motifs is 1. The summed E-state index contributed by atoms with van der Waals surface area (Å²) in [4.78, 5) is 46.8. The highest BCUT2D eigenvalue weighted by Gasteiger charge is 2.26. The van der Waals surface area contributed by atoms with Crippen molar-refractivity contribution in [3.8, 4) is 0 Å². The van der Waals surface area contributed by atoms with Crippen molar-refractivity contribution < 1.29 is 9.00 Å². The van der Waals surface area contributed by atoms with Gasteiger partial charge < -0.3 is 4.90 Å². The Labute approximate surface area is 165 Å². The zero-order chi connectivity index (χ0) is 20.6. The predicted octanol–water partition coefficient (Wildman–Crippen LogP) is 1.07. The molecule has 1 aliphatic rings. The Bertz CT molecular complexity index is 1040. The highest BCUT2D eigenvalue weighted by atomic mass is 32.2. The standard InChI is InChI=1S/C19H26N4O4S/c1-11(2)10-23-16-15(17(24)21-19(23)26)13(9-14(20-16)12(3)4)18(25)22-5-7-28(27)8-6-22/h9,11-12H,5-8,10H2,1-4H3,(H,21,24,26). The summed E-state index contributed by atoms with van der Waals surface area (Å²) >= 11 is 0. The molecule has 1 N–H and O–H groups in total. The van der Waals surface area contributed by atoms with E-state index in [0.29, 0.717) is 36.8 Å². The number of aromatic nitrogens is 3. The van der Waals surface area contributed by atoms with Crippen LogP contribution in [0.25, 0.3) is 11.0 Å². The molecule has 0 saturated carbocycles. The number of amides is 1. The van der Waals surface area contributed by atoms with E-state index in [1.165, 1.54) is 4.57 Å². The van der Waals surface area contributed by atoms with Gasteiger partial charge in [0.25, 0.3) is 11.5 Å². The van der Waals surface area contributed by atoms with Gasteiger partial charge in [-0.3, -0.25) is 23.3 Å². The molecule has 1 fully saturated rings. The summed E-state index contributed by atoms with van der Waals surface area (Å²) in [6.45, 7) is 8.99. The molecule has 0 aromatic carbocycles. The first-order chi connectivity index (χ1) is 13.2. The van der Waals surface area contributed by atoms with Crippen molar-refractivity contribution >= 4 is 27.7 Å². The minimum Gasteiger partial charge on any atom is -0.337 e. The highest BCUT2D eigenvalue weighted by Crippen LogP contribution is 2.22. The van der Waals surface area contributed by atoms with Gasteiger partial charge in [-0.1, -0.05) is 27.7 Å². The first-order valence-corrected chi connectivity index (χ1v) is 11.0. The van der Waals surface area contributed by atoms with Crippen molar-refractivity contribution in [2.45, 2.75) is 40.2 Å². The van der Waals surface area contributed by atoms with E-state index in [4.69, 9.17) is 0 Å². The fourth-order valence-corrected chi connectivity index (χ4v) is 4.36. The van der Waals surface area contributed by atoms with Gasteiger partial charge in [0.1, 0.15) is 0 Å². The van der Waals surface area contributed by atoms with Crippen molar-refractivity contribution in [2.24, 2.45) is 5.92 Å². The molecule has 3 heterocycles. The van der Waals surface area contributed by atoms with Crippen LogP contribution in [0.15, 0.2) is 15.7 Å². The number of hydrogen-bond donors (Lipinski definition) is 1. The first kappa shape index (κ1) is 20.4. The van der Waals surface area contributed by atoms with Crippen LogP contribution >= 0.6 is 0 Å². The molecule has 0 unspecified atom stereocenters. The maximum absolute atomic E-state index is 13.2. The Hall–Kier alpha value is -2.29. The van der Waals surface area contributed by atoms with Crippen LogP contribution in [0.2, 0.25) is 0 Å². The summed E-state index contributed by atoms with van der Waals surface area (Å²) < 4.78 is 13.1. The van der Waals surface area contributed by atoms with Gasteiger partial charge in [0.05, 0.1) is 10.9 Å². The van der Waals surface area contributed by atoms with Gasteiger partial charge in [-0.25, -0.2) is 9.78 Å². The molecule has 1 amide bonds. The normalized spacial score (nSPS) is 15.7. The van der Waals surface area contributed by atoms with E-state index in [1.807, 2.05) is 27.7 Å². The molecule has 1 aliphatic heterocycles. The smallest absolute Gasteiger partial charge is 0.330 e. The molecule has 0 radical (unpaired) electrons. The molecule has 0 aliphatic carbocycles. The zero-order valence-corrected chi connectivity index (χ0v) is 17.5. The molecule has 0 bridgehead atoms. The van der Waals surface area contributed by atoms with Crippen molar-refractivity contribution in [3.05, 3.63) is 38.2 Å². The van der Waals surface area contributed by atoms with E-state index in [1.54, 1.807) is 11.0 Å². The van der Waals surface area contributed by atoms with Crippen LogP contribution in [-0.4, -0.2) is 54.1 Å². The largest absolute Gasteiger partial charge is 0.337 e. The van der Waals surface area contributed by atoms with Gasteiger partial charge >= 0.3 is 5.69 Å². The number of nitrogens with one attached hydrogen (secondary N) is 1. The van der Waals surface area contributed by atoms with Crippen LogP contribution in [-0.2, 0) is 17.3 Å². The quantitative estimate of drug-likeness (QED) is 0.818. The fraction of sp³-hybridized carbons (Fsp3) is 0.579. The minimum atomic E-state index is -0.910. The third-order valence-electron chi connectivity index (χ3n) is 4.80. The number of hydrogen-bond acceptors (Lipinski definition) is 5. The molecule has 0 spiro atoms. The summed E-state index contributed by atoms with van der Waals surface area (Å²) in [6.07, 6.45) is 0. The van der Waals surface area contributed by atoms with Gasteiger partial charge in [0.15, 0.2) is 5.65 Å². The molecule has 0 atom stereocenters. The third-order valence-corrected chi connectivity index (χ3v) is 6.08. The Morgan fingerprint density at radius 2 is 1.86 bits per heavy atom. The number of nitrogens with zero attached hydrogens (tertiary/aromatic N) is 3. The molecule has 2 aromatic rings. The number of aromatic amines is 1. The summed E-state index contributed by atoms with van der Waals surface area (Å²) in [5.41, 5.74) is 0.0230. The topological polar surface area (TPSA) is 105 Å². The molecule has 152 valence electrons. The molecule has 28 heavy (non-hydrogen) atoms. The zero-order valence-electron chi connectivity index (χ0n) is 16.7. The van der Waals surface area contributed by atoms with E-state index in [0.717, 1.165) is 0 Å². The SMILES string of the molecule is CC(C)Cn1c(=O)[nH]c(=O)c2c(C(=O)N3CCS(=O)CC3)cc(C(C)C)nc21. The van der Waals surface area contributed by atoms with Crippen LogP contribution < -0.4 is 11.2 Å². The van der Waals surface area contributed by atoms with Crippen molar-refractivity contribution in [1.82, 2.24) is 19.4 Å². The van der Waals surface area contributed by atoms with Crippen LogP contribution in [0.4, 0.5) is 0 Å². The second-order valence-electron chi connectivity index (χ2n) is 7.85. The number of rotatable bonds is 4. The second kappa shape index (κ2) is 7.98. The van der Waals surface area contributed by atoms with E-state index in [-0.39, 0.29) is 34.3 Å².